The van der Waals surface area contributed by atoms with Crippen LogP contribution in [0.25, 0.3) is 0 Å². The summed E-state index contributed by atoms with van der Waals surface area (Å²) >= 11 is 0. The first-order valence-electron chi connectivity index (χ1n) is 13.1. The van der Waals surface area contributed by atoms with Crippen molar-refractivity contribution in [1.82, 2.24) is 19.0 Å². The minimum absolute atomic E-state index is 0.326. The quantitative estimate of drug-likeness (QED) is 0.444. The van der Waals surface area contributed by atoms with E-state index in [0.29, 0.717) is 36.2 Å². The summed E-state index contributed by atoms with van der Waals surface area (Å²) in [7, 11) is -1.39. The molecule has 0 spiro atoms. The second-order valence-corrected chi connectivity index (χ2v) is 11.9. The Kier molecular flexibility index (Phi) is 10.4. The standard InChI is InChI=1S/C26H44N4O3S/c1-4-28(15-8-9-17-29-16-7-5-6-10-26(29)31)22-23(2)24-11-13-25(14-12-24)34(32,33)30-20-18-27(3)19-21-30/h11-14,23H,4-10,15-22H2,1-3H3. The Labute approximate surface area is 207 Å². The van der Waals surface area contributed by atoms with Crippen molar-refractivity contribution in [1.29, 1.82) is 0 Å². The number of hydrogen-bond acceptors (Lipinski definition) is 5. The van der Waals surface area contributed by atoms with Crippen LogP contribution in [0.15, 0.2) is 29.2 Å². The highest BCUT2D eigenvalue weighted by molar-refractivity contribution is 7.89. The molecule has 0 N–H and O–H groups in total. The van der Waals surface area contributed by atoms with Gasteiger partial charge in [-0.1, -0.05) is 32.4 Å². The van der Waals surface area contributed by atoms with E-state index in [4.69, 9.17) is 0 Å². The molecule has 2 aliphatic rings. The van der Waals surface area contributed by atoms with Crippen LogP contribution in [0, 0.1) is 0 Å². The van der Waals surface area contributed by atoms with E-state index in [-0.39, 0.29) is 0 Å². The van der Waals surface area contributed by atoms with Crippen LogP contribution < -0.4 is 0 Å². The molecule has 0 aromatic heterocycles. The van der Waals surface area contributed by atoms with E-state index >= 15 is 0 Å². The molecule has 1 aromatic carbocycles. The molecule has 1 aromatic rings. The van der Waals surface area contributed by atoms with E-state index in [0.717, 1.165) is 71.5 Å². The number of carbonyl (C=O) groups excluding carboxylic acids is 1. The third kappa shape index (κ3) is 7.51. The molecule has 1 amide bonds. The van der Waals surface area contributed by atoms with Gasteiger partial charge in [-0.2, -0.15) is 4.31 Å². The Hall–Kier alpha value is -1.48. The zero-order chi connectivity index (χ0) is 24.6. The van der Waals surface area contributed by atoms with Gasteiger partial charge in [0.1, 0.15) is 0 Å². The Balaban J connectivity index is 1.46. The highest BCUT2D eigenvalue weighted by Gasteiger charge is 2.27. The van der Waals surface area contributed by atoms with Crippen LogP contribution in [-0.4, -0.2) is 99.3 Å². The first-order valence-corrected chi connectivity index (χ1v) is 14.5. The van der Waals surface area contributed by atoms with Crippen molar-refractivity contribution in [3.05, 3.63) is 29.8 Å². The number of likely N-dealkylation sites (N-methyl/N-ethyl adjacent to an activating group) is 2. The van der Waals surface area contributed by atoms with Crippen molar-refractivity contribution >= 4 is 15.9 Å². The van der Waals surface area contributed by atoms with Crippen molar-refractivity contribution < 1.29 is 13.2 Å². The second-order valence-electron chi connectivity index (χ2n) is 9.97. The summed E-state index contributed by atoms with van der Waals surface area (Å²) in [6.07, 6.45) is 6.21. The zero-order valence-electron chi connectivity index (χ0n) is 21.4. The molecule has 1 unspecified atom stereocenters. The molecule has 0 aliphatic carbocycles. The van der Waals surface area contributed by atoms with E-state index in [1.807, 2.05) is 19.2 Å². The fourth-order valence-electron chi connectivity index (χ4n) is 4.93. The summed E-state index contributed by atoms with van der Waals surface area (Å²) in [5, 5.41) is 0. The smallest absolute Gasteiger partial charge is 0.243 e. The van der Waals surface area contributed by atoms with Gasteiger partial charge in [0.15, 0.2) is 0 Å². The molecule has 2 heterocycles. The van der Waals surface area contributed by atoms with Crippen molar-refractivity contribution in [2.24, 2.45) is 0 Å². The normalized spacial score (nSPS) is 20.0. The van der Waals surface area contributed by atoms with Gasteiger partial charge in [0.05, 0.1) is 4.90 Å². The minimum Gasteiger partial charge on any atom is -0.343 e. The fraction of sp³-hybridized carbons (Fsp3) is 0.731. The number of piperazine rings is 1. The summed E-state index contributed by atoms with van der Waals surface area (Å²) in [5.74, 6) is 0.657. The number of unbranched alkanes of at least 4 members (excludes halogenated alkanes) is 1. The average molecular weight is 493 g/mol. The van der Waals surface area contributed by atoms with Gasteiger partial charge < -0.3 is 14.7 Å². The van der Waals surface area contributed by atoms with Crippen molar-refractivity contribution in [3.8, 4) is 0 Å². The van der Waals surface area contributed by atoms with Gasteiger partial charge in [0, 0.05) is 52.2 Å². The third-order valence-electron chi connectivity index (χ3n) is 7.35. The lowest BCUT2D eigenvalue weighted by atomic mass is 10.0. The number of rotatable bonds is 11. The lowest BCUT2D eigenvalue weighted by Gasteiger charge is -2.31. The molecule has 192 valence electrons. The highest BCUT2D eigenvalue weighted by Crippen LogP contribution is 2.22. The molecular weight excluding hydrogens is 448 g/mol. The predicted molar refractivity (Wildman–Crippen MR) is 138 cm³/mol. The molecule has 0 bridgehead atoms. The van der Waals surface area contributed by atoms with Crippen LogP contribution in [0.5, 0.6) is 0 Å². The topological polar surface area (TPSA) is 64.2 Å². The van der Waals surface area contributed by atoms with E-state index in [1.54, 1.807) is 16.4 Å². The van der Waals surface area contributed by atoms with E-state index in [2.05, 4.69) is 28.5 Å². The maximum Gasteiger partial charge on any atom is 0.243 e. The first-order chi connectivity index (χ1) is 16.3. The van der Waals surface area contributed by atoms with Crippen molar-refractivity contribution in [2.75, 3.05) is 66.0 Å². The lowest BCUT2D eigenvalue weighted by Crippen LogP contribution is -2.47. The van der Waals surface area contributed by atoms with Gasteiger partial charge >= 0.3 is 0 Å². The summed E-state index contributed by atoms with van der Waals surface area (Å²) in [6, 6.07) is 7.50. The summed E-state index contributed by atoms with van der Waals surface area (Å²) < 4.78 is 27.5. The highest BCUT2D eigenvalue weighted by atomic mass is 32.2. The predicted octanol–water partition coefficient (Wildman–Crippen LogP) is 3.23. The molecule has 34 heavy (non-hydrogen) atoms. The van der Waals surface area contributed by atoms with Crippen molar-refractivity contribution in [2.45, 2.75) is 63.2 Å². The molecular formula is C26H44N4O3S. The van der Waals surface area contributed by atoms with Gasteiger partial charge in [-0.15, -0.1) is 0 Å². The number of amides is 1. The largest absolute Gasteiger partial charge is 0.343 e. The fourth-order valence-corrected chi connectivity index (χ4v) is 6.35. The summed E-state index contributed by atoms with van der Waals surface area (Å²) in [5.41, 5.74) is 1.17. The molecule has 2 fully saturated rings. The Morgan fingerprint density at radius 3 is 2.35 bits per heavy atom. The average Bonchev–Trinajstić information content (AvgIpc) is 3.05. The number of sulfonamides is 1. The van der Waals surface area contributed by atoms with E-state index in [9.17, 15) is 13.2 Å². The lowest BCUT2D eigenvalue weighted by molar-refractivity contribution is -0.130. The Bertz CT molecular complexity index is 867. The Morgan fingerprint density at radius 1 is 0.971 bits per heavy atom. The molecule has 0 radical (unpaired) electrons. The molecule has 0 saturated carbocycles. The van der Waals surface area contributed by atoms with E-state index in [1.165, 1.54) is 12.0 Å². The van der Waals surface area contributed by atoms with Crippen LogP contribution in [0.2, 0.25) is 0 Å². The van der Waals surface area contributed by atoms with Crippen LogP contribution in [0.3, 0.4) is 0 Å². The van der Waals surface area contributed by atoms with Gasteiger partial charge in [-0.25, -0.2) is 8.42 Å². The van der Waals surface area contributed by atoms with Gasteiger partial charge in [-0.05, 0) is 69.4 Å². The van der Waals surface area contributed by atoms with Gasteiger partial charge in [-0.3, -0.25) is 4.79 Å². The number of nitrogens with zero attached hydrogens (tertiary/aromatic N) is 4. The molecule has 1 atom stereocenters. The number of likely N-dealkylation sites (tertiary alicyclic amines) is 1. The molecule has 2 aliphatic heterocycles. The molecule has 3 rings (SSSR count). The van der Waals surface area contributed by atoms with Gasteiger partial charge in [0.2, 0.25) is 15.9 Å². The van der Waals surface area contributed by atoms with Gasteiger partial charge in [0.25, 0.3) is 0 Å². The van der Waals surface area contributed by atoms with Crippen LogP contribution in [0.1, 0.15) is 63.9 Å². The number of benzene rings is 1. The SMILES string of the molecule is CCN(CCCCN1CCCCCC1=O)CC(C)c1ccc(S(=O)(=O)N2CCN(C)CC2)cc1. The summed E-state index contributed by atoms with van der Waals surface area (Å²) in [4.78, 5) is 19.2. The number of carbonyl (C=O) groups is 1. The third-order valence-corrected chi connectivity index (χ3v) is 9.27. The van der Waals surface area contributed by atoms with E-state index < -0.39 is 10.0 Å². The maximum atomic E-state index is 13.0. The number of hydrogen-bond donors (Lipinski definition) is 0. The maximum absolute atomic E-state index is 13.0. The minimum atomic E-state index is -3.42. The zero-order valence-corrected chi connectivity index (χ0v) is 22.2. The molecule has 7 nitrogen and oxygen atoms in total. The first kappa shape index (κ1) is 27.1. The second kappa shape index (κ2) is 13.0. The van der Waals surface area contributed by atoms with Crippen LogP contribution >= 0.6 is 0 Å². The monoisotopic (exact) mass is 492 g/mol. The molecule has 8 heteroatoms. The van der Waals surface area contributed by atoms with Crippen LogP contribution in [-0.2, 0) is 14.8 Å². The summed E-state index contributed by atoms with van der Waals surface area (Å²) in [6.45, 7) is 11.8. The van der Waals surface area contributed by atoms with Crippen molar-refractivity contribution in [3.63, 3.8) is 0 Å². The van der Waals surface area contributed by atoms with Crippen LogP contribution in [0.4, 0.5) is 0 Å². The Morgan fingerprint density at radius 2 is 1.68 bits per heavy atom. The molecule has 2 saturated heterocycles.